The van der Waals surface area contributed by atoms with E-state index in [-0.39, 0.29) is 1340 Å². The number of hydrogen-bond donors (Lipinski definition) is 0. The maximum absolute atomic E-state index is 6.25. The first kappa shape index (κ1) is 547. The average Bonchev–Trinajstić information content (AvgIpc) is 3.63. The largest absolute Gasteiger partial charge is 4.00 e. The second-order valence-electron chi connectivity index (χ2n) is 0. The molecular weight excluding hydrogens is 2210 g/mol. The molecule has 12 radical (unpaired) electrons. The minimum Gasteiger partial charge on any atom is -0.512 e. The van der Waals surface area contributed by atoms with Gasteiger partial charge in [0.15, 0.2) is 0 Å². The third-order valence-corrected chi connectivity index (χ3v) is 0. The van der Waals surface area contributed by atoms with Crippen LogP contribution in [-0.4, -0.2) is 617 Å². The van der Waals surface area contributed by atoms with Crippen LogP contribution in [0.3, 0.4) is 0 Å². The second-order valence-corrected chi connectivity index (χ2v) is 0. The molecule has 0 aliphatic heterocycles. The average molecular weight is 2210 g/mol. The molecular formula is C36Fe6K24N36. The molecule has 102 heavy (non-hydrogen) atoms. The molecule has 0 spiro atoms. The van der Waals surface area contributed by atoms with Gasteiger partial charge in [-0.2, -0.15) is 0 Å². The van der Waals surface area contributed by atoms with Gasteiger partial charge in [0.2, 0.25) is 0 Å². The van der Waals surface area contributed by atoms with Crippen LogP contribution in [0.5, 0.6) is 0 Å². The monoisotopic (exact) mass is 2210 g/mol. The molecule has 66 heteroatoms. The van der Waals surface area contributed by atoms with Crippen molar-refractivity contribution in [3.63, 3.8) is 0 Å². The molecule has 0 saturated carbocycles. The Labute approximate surface area is 1700 Å². The Morgan fingerprint density at radius 3 is 0.0588 bits per heavy atom. The molecule has 0 atom stereocenters. The summed E-state index contributed by atoms with van der Waals surface area (Å²) < 4.78 is 0. The van der Waals surface area contributed by atoms with Crippen molar-refractivity contribution in [2.45, 2.75) is 0 Å². The zero-order valence-corrected chi connectivity index (χ0v) is 142. The fourth-order valence-electron chi connectivity index (χ4n) is 0. The molecule has 396 valence electrons. The summed E-state index contributed by atoms with van der Waals surface area (Å²) in [5, 5.41) is 225. The standard InChI is InChI=1S/36CN.6Fe.24K/c36*1-2;;;;;;;;;;;;;;;;;;;;;;;;;;;;;;/q36*-1;6*+4;;;;;;;;;;;;;12*+1. The van der Waals surface area contributed by atoms with E-state index in [4.69, 9.17) is 426 Å². The van der Waals surface area contributed by atoms with E-state index in [1.807, 2.05) is 0 Å². The van der Waals surface area contributed by atoms with Crippen molar-refractivity contribution in [1.82, 2.24) is 0 Å². The van der Waals surface area contributed by atoms with E-state index in [0.717, 1.165) is 0 Å². The predicted molar refractivity (Wildman–Crippen MR) is 248 cm³/mol. The van der Waals surface area contributed by atoms with Crippen LogP contribution in [0, 0.1) is 426 Å². The molecule has 36 nitrogen and oxygen atoms in total. The van der Waals surface area contributed by atoms with Crippen molar-refractivity contribution < 1.29 is 719 Å². The summed E-state index contributed by atoms with van der Waals surface area (Å²) in [5.74, 6) is 0. The number of nitrogens with zero attached hydrogens (tertiary/aromatic N) is 36. The molecule has 0 saturated heterocycles. The Hall–Kier alpha value is 24.0. The SMILES string of the molecule is [C-]#N.[C-]#N.[C-]#N.[C-]#N.[C-]#N.[C-]#N.[C-]#N.[C-]#N.[C-]#N.[C-]#N.[C-]#N.[C-]#N.[C-]#N.[C-]#N.[C-]#N.[C-]#N.[C-]#N.[C-]#N.[C-]#N.[C-]#N.[C-]#N.[C-]#N.[C-]#N.[C-]#N.[C-]#N.[C-]#N.[C-]#N.[C-]#N.[C-]#N.[C-]#N.[C-]#N.[C-]#N.[C-]#N.[C-]#N.[C-]#N.[C-]#N.[Fe+4].[Fe+4].[Fe+4].[Fe+4].[Fe+4].[Fe+4].[K+].[K+].[K+].[K+].[K+].[K+].[K+].[K+].[K+].[K+].[K+].[K+].[K].[K].[K].[K].[K].[K].[K].[K].[K].[K].[K].[K]. The van der Waals surface area contributed by atoms with Gasteiger partial charge in [0.1, 0.15) is 0 Å². The van der Waals surface area contributed by atoms with Gasteiger partial charge in [-0.15, -0.1) is 0 Å². The zero-order valence-electron chi connectivity index (χ0n) is 60.2. The van der Waals surface area contributed by atoms with Crippen LogP contribution in [0.25, 0.3) is 0 Å². The topological polar surface area (TPSA) is 856 Å². The van der Waals surface area contributed by atoms with Crippen LogP contribution in [0.15, 0.2) is 0 Å². The van der Waals surface area contributed by atoms with Crippen molar-refractivity contribution in [3.05, 3.63) is 237 Å². The first-order valence-electron chi connectivity index (χ1n) is 8.05. The molecule has 0 rings (SSSR count). The fourth-order valence-corrected chi connectivity index (χ4v) is 0. The van der Waals surface area contributed by atoms with Crippen LogP contribution in [-0.2, 0) is 102 Å². The summed E-state index contributed by atoms with van der Waals surface area (Å²) in [7, 11) is 0. The second kappa shape index (κ2) is 3330. The molecule has 0 aromatic carbocycles. The van der Waals surface area contributed by atoms with Crippen molar-refractivity contribution in [3.8, 4) is 0 Å². The molecule has 0 aliphatic rings. The molecule has 0 aromatic rings. The Morgan fingerprint density at radius 1 is 0.0588 bits per heavy atom. The number of rotatable bonds is 0. The maximum atomic E-state index is 6.25. The Morgan fingerprint density at radius 2 is 0.0588 bits per heavy atom. The maximum Gasteiger partial charge on any atom is 4.00 e. The molecule has 0 N–H and O–H groups in total. The first-order chi connectivity index (χ1) is 36.0. The van der Waals surface area contributed by atoms with E-state index in [1.165, 1.54) is 0 Å². The summed E-state index contributed by atoms with van der Waals surface area (Å²) in [6.45, 7) is 171. The summed E-state index contributed by atoms with van der Waals surface area (Å²) in [6, 6.07) is 0. The van der Waals surface area contributed by atoms with Crippen molar-refractivity contribution in [2.75, 3.05) is 0 Å². The zero-order chi connectivity index (χ0) is 72.0. The van der Waals surface area contributed by atoms with Crippen LogP contribution in [0.4, 0.5) is 0 Å². The minimum absolute atomic E-state index is 0. The summed E-state index contributed by atoms with van der Waals surface area (Å²) in [4.78, 5) is 0. The van der Waals surface area contributed by atoms with Gasteiger partial charge in [-0.05, 0) is 0 Å². The molecule has 0 bridgehead atoms. The molecule has 0 amide bonds. The van der Waals surface area contributed by atoms with E-state index >= 15 is 0 Å². The van der Waals surface area contributed by atoms with Gasteiger partial charge in [0.25, 0.3) is 0 Å². The third-order valence-electron chi connectivity index (χ3n) is 0. The van der Waals surface area contributed by atoms with E-state index in [9.17, 15) is 0 Å². The van der Waals surface area contributed by atoms with Crippen molar-refractivity contribution in [1.29, 1.82) is 189 Å². The number of hydrogen-bond acceptors (Lipinski definition) is 36. The van der Waals surface area contributed by atoms with Crippen molar-refractivity contribution >= 4 is 617 Å². The summed E-state index contributed by atoms with van der Waals surface area (Å²) in [5.41, 5.74) is 0. The van der Waals surface area contributed by atoms with Crippen LogP contribution in [0.1, 0.15) is 0 Å². The van der Waals surface area contributed by atoms with Gasteiger partial charge in [-0.3, -0.25) is 0 Å². The molecule has 0 fully saturated rings. The normalized spacial score (nSPS) is 0.706. The van der Waals surface area contributed by atoms with Gasteiger partial charge in [-0.25, -0.2) is 0 Å². The molecule has 0 heterocycles. The summed E-state index contributed by atoms with van der Waals surface area (Å²) in [6.07, 6.45) is 0. The minimum atomic E-state index is 0. The predicted octanol–water partition coefficient (Wildman–Crippen LogP) is -37.1. The van der Waals surface area contributed by atoms with Crippen LogP contribution < -0.4 is 617 Å². The molecule has 0 unspecified atom stereocenters. The first-order valence-corrected chi connectivity index (χ1v) is 8.05. The van der Waals surface area contributed by atoms with Gasteiger partial charge >= 0.3 is 719 Å². The van der Waals surface area contributed by atoms with E-state index in [1.54, 1.807) is 0 Å². The molecule has 0 aromatic heterocycles. The van der Waals surface area contributed by atoms with Gasteiger partial charge < -0.3 is 426 Å². The Kier molecular flexibility index (Phi) is 17900. The van der Waals surface area contributed by atoms with E-state index < -0.39 is 0 Å². The van der Waals surface area contributed by atoms with Gasteiger partial charge in [0.05, 0.1) is 0 Å². The summed E-state index contributed by atoms with van der Waals surface area (Å²) >= 11 is 0. The van der Waals surface area contributed by atoms with E-state index in [2.05, 4.69) is 0 Å². The van der Waals surface area contributed by atoms with Crippen LogP contribution in [0.2, 0.25) is 0 Å². The molecule has 0 aliphatic carbocycles. The Bertz CT molecular complexity index is 912. The smallest absolute Gasteiger partial charge is 0.512 e. The van der Waals surface area contributed by atoms with Gasteiger partial charge in [-0.1, -0.05) is 0 Å². The van der Waals surface area contributed by atoms with Gasteiger partial charge in [0, 0.05) is 617 Å². The quantitative estimate of drug-likeness (QED) is 0.160. The Balaban J connectivity index is -0.00000000202. The third kappa shape index (κ3) is 3250. The fraction of sp³-hybridized carbons (Fsp3) is 0. The van der Waals surface area contributed by atoms with Crippen molar-refractivity contribution in [2.24, 2.45) is 0 Å². The van der Waals surface area contributed by atoms with Crippen LogP contribution >= 0.6 is 0 Å². The van der Waals surface area contributed by atoms with E-state index in [0.29, 0.717) is 0 Å².